The van der Waals surface area contributed by atoms with Crippen LogP contribution in [0.5, 0.6) is 0 Å². The standard InChI is InChI=1S/C13H20OSi/c1-6-10-15(11-7-2,12-8-3)14-13(5)9-4/h6-9H,1-5,10-12H2. The monoisotopic (exact) mass is 220 g/mol. The zero-order valence-electron chi connectivity index (χ0n) is 9.37. The molecule has 0 aromatic rings. The van der Waals surface area contributed by atoms with Gasteiger partial charge in [-0.3, -0.25) is 0 Å². The van der Waals surface area contributed by atoms with Gasteiger partial charge < -0.3 is 4.43 Å². The Hall–Kier alpha value is -1.28. The van der Waals surface area contributed by atoms with Crippen molar-refractivity contribution >= 4 is 8.32 Å². The van der Waals surface area contributed by atoms with Gasteiger partial charge in [0.15, 0.2) is 0 Å². The lowest BCUT2D eigenvalue weighted by Gasteiger charge is -2.29. The summed E-state index contributed by atoms with van der Waals surface area (Å²) < 4.78 is 5.92. The molecule has 0 bridgehead atoms. The lowest BCUT2D eigenvalue weighted by molar-refractivity contribution is 0.432. The first-order valence-corrected chi connectivity index (χ1v) is 7.50. The van der Waals surface area contributed by atoms with Crippen LogP contribution in [0.3, 0.4) is 0 Å². The molecule has 0 spiro atoms. The summed E-state index contributed by atoms with van der Waals surface area (Å²) in [4.78, 5) is 0. The molecule has 0 saturated heterocycles. The van der Waals surface area contributed by atoms with Crippen molar-refractivity contribution in [3.8, 4) is 0 Å². The van der Waals surface area contributed by atoms with Crippen molar-refractivity contribution in [3.05, 3.63) is 63.0 Å². The molecular formula is C13H20OSi. The van der Waals surface area contributed by atoms with Gasteiger partial charge in [-0.2, -0.15) is 0 Å². The van der Waals surface area contributed by atoms with Crippen molar-refractivity contribution in [2.45, 2.75) is 18.1 Å². The predicted molar refractivity (Wildman–Crippen MR) is 71.2 cm³/mol. The number of allylic oxidation sites excluding steroid dienone is 4. The summed E-state index contributed by atoms with van der Waals surface area (Å²) in [5.74, 6) is 0.632. The molecule has 1 nitrogen and oxygen atoms in total. The van der Waals surface area contributed by atoms with E-state index in [1.54, 1.807) is 6.08 Å². The van der Waals surface area contributed by atoms with E-state index in [2.05, 4.69) is 32.9 Å². The van der Waals surface area contributed by atoms with Crippen LogP contribution in [0.25, 0.3) is 0 Å². The first-order chi connectivity index (χ1) is 7.14. The van der Waals surface area contributed by atoms with Crippen LogP contribution < -0.4 is 0 Å². The molecule has 2 heteroatoms. The van der Waals surface area contributed by atoms with Gasteiger partial charge in [-0.15, -0.1) is 19.7 Å². The molecule has 82 valence electrons. The summed E-state index contributed by atoms with van der Waals surface area (Å²) in [5.41, 5.74) is 0. The molecule has 0 rings (SSSR count). The topological polar surface area (TPSA) is 9.23 Å². The molecule has 0 heterocycles. The molecular weight excluding hydrogens is 200 g/mol. The molecule has 15 heavy (non-hydrogen) atoms. The molecule has 0 fully saturated rings. The van der Waals surface area contributed by atoms with Crippen molar-refractivity contribution in [3.63, 3.8) is 0 Å². The maximum absolute atomic E-state index is 5.92. The Bertz CT molecular complexity index is 239. The first kappa shape index (κ1) is 13.7. The van der Waals surface area contributed by atoms with Gasteiger partial charge in [0.2, 0.25) is 0 Å². The van der Waals surface area contributed by atoms with Crippen molar-refractivity contribution in [2.75, 3.05) is 0 Å². The minimum atomic E-state index is -1.90. The van der Waals surface area contributed by atoms with Crippen molar-refractivity contribution in [1.82, 2.24) is 0 Å². The van der Waals surface area contributed by atoms with Gasteiger partial charge in [0.25, 0.3) is 8.32 Å². The molecule has 0 aliphatic heterocycles. The second-order valence-corrected chi connectivity index (χ2v) is 7.23. The number of rotatable bonds is 9. The highest BCUT2D eigenvalue weighted by molar-refractivity contribution is 6.75. The van der Waals surface area contributed by atoms with Crippen LogP contribution in [0, 0.1) is 0 Å². The molecule has 0 radical (unpaired) electrons. The van der Waals surface area contributed by atoms with E-state index >= 15 is 0 Å². The summed E-state index contributed by atoms with van der Waals surface area (Å²) in [7, 11) is -1.90. The fraction of sp³-hybridized carbons (Fsp3) is 0.231. The molecule has 0 saturated carbocycles. The summed E-state index contributed by atoms with van der Waals surface area (Å²) in [5, 5.41) is 0. The van der Waals surface area contributed by atoms with E-state index in [1.807, 2.05) is 18.2 Å². The highest BCUT2D eigenvalue weighted by Gasteiger charge is 2.32. The van der Waals surface area contributed by atoms with Crippen LogP contribution >= 0.6 is 0 Å². The maximum atomic E-state index is 5.92. The van der Waals surface area contributed by atoms with Gasteiger partial charge >= 0.3 is 0 Å². The molecule has 0 aliphatic carbocycles. The van der Waals surface area contributed by atoms with E-state index in [1.165, 1.54) is 0 Å². The van der Waals surface area contributed by atoms with E-state index < -0.39 is 8.32 Å². The van der Waals surface area contributed by atoms with Crippen molar-refractivity contribution < 1.29 is 4.43 Å². The largest absolute Gasteiger partial charge is 0.543 e. The van der Waals surface area contributed by atoms with Gasteiger partial charge in [-0.1, -0.05) is 31.4 Å². The van der Waals surface area contributed by atoms with E-state index in [9.17, 15) is 0 Å². The molecule has 0 aliphatic rings. The number of hydrogen-bond donors (Lipinski definition) is 0. The zero-order chi connectivity index (χ0) is 11.7. The Morgan fingerprint density at radius 1 is 0.933 bits per heavy atom. The van der Waals surface area contributed by atoms with Gasteiger partial charge in [-0.25, -0.2) is 0 Å². The second-order valence-electron chi connectivity index (χ2n) is 3.43. The van der Waals surface area contributed by atoms with Crippen molar-refractivity contribution in [2.24, 2.45) is 0 Å². The SMILES string of the molecule is C=CC[Si](CC=C)(CC=C)OC(=C)C=C. The fourth-order valence-corrected chi connectivity index (χ4v) is 4.45. The van der Waals surface area contributed by atoms with Crippen molar-refractivity contribution in [1.29, 1.82) is 0 Å². The highest BCUT2D eigenvalue weighted by Crippen LogP contribution is 2.26. The molecule has 0 unspecified atom stereocenters. The average molecular weight is 220 g/mol. The third kappa shape index (κ3) is 4.65. The Morgan fingerprint density at radius 2 is 1.33 bits per heavy atom. The van der Waals surface area contributed by atoms with E-state index in [4.69, 9.17) is 4.43 Å². The third-order valence-corrected chi connectivity index (χ3v) is 5.92. The quantitative estimate of drug-likeness (QED) is 0.245. The Balaban J connectivity index is 4.80. The van der Waals surface area contributed by atoms with Gasteiger partial charge in [0.1, 0.15) is 0 Å². The Morgan fingerprint density at radius 3 is 1.60 bits per heavy atom. The maximum Gasteiger partial charge on any atom is 0.262 e. The lowest BCUT2D eigenvalue weighted by Crippen LogP contribution is -2.35. The smallest absolute Gasteiger partial charge is 0.262 e. The fourth-order valence-electron chi connectivity index (χ4n) is 1.48. The van der Waals surface area contributed by atoms with E-state index in [0.717, 1.165) is 18.1 Å². The minimum absolute atomic E-state index is 0.632. The Kier molecular flexibility index (Phi) is 6.46. The second kappa shape index (κ2) is 7.07. The average Bonchev–Trinajstić information content (AvgIpc) is 2.18. The summed E-state index contributed by atoms with van der Waals surface area (Å²) in [6.07, 6.45) is 7.33. The molecule has 0 aromatic heterocycles. The molecule has 0 N–H and O–H groups in total. The van der Waals surface area contributed by atoms with Gasteiger partial charge in [0.05, 0.1) is 5.76 Å². The van der Waals surface area contributed by atoms with E-state index in [0.29, 0.717) is 5.76 Å². The summed E-state index contributed by atoms with van der Waals surface area (Å²) >= 11 is 0. The predicted octanol–water partition coefficient (Wildman–Crippen LogP) is 4.21. The molecule has 0 amide bonds. The first-order valence-electron chi connectivity index (χ1n) is 4.97. The van der Waals surface area contributed by atoms with Gasteiger partial charge in [-0.05, 0) is 24.2 Å². The summed E-state index contributed by atoms with van der Waals surface area (Å²) in [6, 6.07) is 2.62. The van der Waals surface area contributed by atoms with E-state index in [-0.39, 0.29) is 0 Å². The van der Waals surface area contributed by atoms with Gasteiger partial charge in [0, 0.05) is 0 Å². The number of hydrogen-bond acceptors (Lipinski definition) is 1. The van der Waals surface area contributed by atoms with Crippen LogP contribution in [0.2, 0.25) is 18.1 Å². The third-order valence-electron chi connectivity index (χ3n) is 2.12. The van der Waals surface area contributed by atoms with Crippen LogP contribution in [0.1, 0.15) is 0 Å². The van der Waals surface area contributed by atoms with Crippen LogP contribution in [-0.4, -0.2) is 8.32 Å². The Labute approximate surface area is 94.3 Å². The highest BCUT2D eigenvalue weighted by atomic mass is 28.4. The van der Waals surface area contributed by atoms with Crippen LogP contribution in [0.15, 0.2) is 63.0 Å². The van der Waals surface area contributed by atoms with Crippen LogP contribution in [0.4, 0.5) is 0 Å². The summed E-state index contributed by atoms with van der Waals surface area (Å²) in [6.45, 7) is 18.8. The normalized spacial score (nSPS) is 10.1. The molecule has 0 aromatic carbocycles. The van der Waals surface area contributed by atoms with Crippen LogP contribution in [-0.2, 0) is 4.43 Å². The molecule has 0 atom stereocenters. The lowest BCUT2D eigenvalue weighted by atomic mass is 10.6. The zero-order valence-corrected chi connectivity index (χ0v) is 10.4. The minimum Gasteiger partial charge on any atom is -0.543 e.